The molecule has 2 rings (SSSR count). The zero-order valence-corrected chi connectivity index (χ0v) is 15.6. The van der Waals surface area contributed by atoms with E-state index in [4.69, 9.17) is 4.74 Å². The first-order valence-electron chi connectivity index (χ1n) is 7.00. The van der Waals surface area contributed by atoms with Crippen molar-refractivity contribution in [3.8, 4) is 0 Å². The van der Waals surface area contributed by atoms with E-state index in [9.17, 15) is 13.2 Å². The summed E-state index contributed by atoms with van der Waals surface area (Å²) in [6, 6.07) is 5.32. The molecule has 0 radical (unpaired) electrons. The van der Waals surface area contributed by atoms with Gasteiger partial charge in [0.1, 0.15) is 6.10 Å². The normalized spacial score (nSPS) is 19.3. The van der Waals surface area contributed by atoms with Gasteiger partial charge in [-0.1, -0.05) is 12.1 Å². The third-order valence-corrected chi connectivity index (χ3v) is 3.54. The second kappa shape index (κ2) is 8.18. The Kier molecular flexibility index (Phi) is 7.12. The van der Waals surface area contributed by atoms with Gasteiger partial charge in [-0.3, -0.25) is 4.99 Å². The van der Waals surface area contributed by atoms with E-state index >= 15 is 0 Å². The third kappa shape index (κ3) is 4.97. The van der Waals surface area contributed by atoms with E-state index in [0.29, 0.717) is 25.3 Å². The van der Waals surface area contributed by atoms with Crippen molar-refractivity contribution >= 4 is 29.9 Å². The number of halogens is 4. The van der Waals surface area contributed by atoms with Gasteiger partial charge in [-0.05, 0) is 17.7 Å². The number of morpholine rings is 1. The van der Waals surface area contributed by atoms with Crippen molar-refractivity contribution in [2.24, 2.45) is 4.99 Å². The lowest BCUT2D eigenvalue weighted by atomic mass is 10.0. The van der Waals surface area contributed by atoms with E-state index in [1.54, 1.807) is 13.1 Å². The SMILES string of the molecule is CN=C(N(C)C)N1CCOC(c2cccc(C(F)(F)F)c2)C1.I. The average Bonchev–Trinajstić information content (AvgIpc) is 2.47. The van der Waals surface area contributed by atoms with Gasteiger partial charge in [-0.15, -0.1) is 24.0 Å². The molecule has 4 nitrogen and oxygen atoms in total. The highest BCUT2D eigenvalue weighted by atomic mass is 127. The van der Waals surface area contributed by atoms with Gasteiger partial charge >= 0.3 is 6.18 Å². The first-order chi connectivity index (χ1) is 10.3. The van der Waals surface area contributed by atoms with E-state index in [0.717, 1.165) is 18.1 Å². The molecule has 1 aromatic carbocycles. The molecule has 1 heterocycles. The van der Waals surface area contributed by atoms with Crippen LogP contribution in [0.15, 0.2) is 29.3 Å². The number of rotatable bonds is 1. The molecule has 0 saturated carbocycles. The minimum Gasteiger partial charge on any atom is -0.370 e. The molecule has 0 aromatic heterocycles. The molecule has 0 aliphatic carbocycles. The quantitative estimate of drug-likeness (QED) is 0.379. The molecule has 1 aliphatic heterocycles. The second-order valence-electron chi connectivity index (χ2n) is 5.35. The highest BCUT2D eigenvalue weighted by molar-refractivity contribution is 14.0. The maximum atomic E-state index is 12.8. The Balaban J connectivity index is 0.00000264. The van der Waals surface area contributed by atoms with Crippen LogP contribution in [0.4, 0.5) is 13.2 Å². The average molecular weight is 443 g/mol. The molecular weight excluding hydrogens is 422 g/mol. The van der Waals surface area contributed by atoms with E-state index in [2.05, 4.69) is 4.99 Å². The van der Waals surface area contributed by atoms with Crippen LogP contribution in [-0.2, 0) is 10.9 Å². The van der Waals surface area contributed by atoms with Crippen molar-refractivity contribution in [3.63, 3.8) is 0 Å². The molecule has 1 fully saturated rings. The standard InChI is InChI=1S/C15H20F3N3O.HI/c1-19-14(20(2)3)21-7-8-22-13(10-21)11-5-4-6-12(9-11)15(16,17)18;/h4-6,9,13H,7-8,10H2,1-3H3;1H. The van der Waals surface area contributed by atoms with Crippen molar-refractivity contribution < 1.29 is 17.9 Å². The van der Waals surface area contributed by atoms with Crippen LogP contribution >= 0.6 is 24.0 Å². The largest absolute Gasteiger partial charge is 0.416 e. The van der Waals surface area contributed by atoms with Crippen molar-refractivity contribution in [2.45, 2.75) is 12.3 Å². The predicted octanol–water partition coefficient (Wildman–Crippen LogP) is 3.24. The Morgan fingerprint density at radius 3 is 2.61 bits per heavy atom. The van der Waals surface area contributed by atoms with Gasteiger partial charge < -0.3 is 14.5 Å². The Morgan fingerprint density at radius 2 is 2.04 bits per heavy atom. The summed E-state index contributed by atoms with van der Waals surface area (Å²) in [6.07, 6.45) is -4.74. The molecule has 130 valence electrons. The van der Waals surface area contributed by atoms with E-state index in [1.165, 1.54) is 6.07 Å². The van der Waals surface area contributed by atoms with Crippen molar-refractivity contribution in [3.05, 3.63) is 35.4 Å². The zero-order valence-electron chi connectivity index (χ0n) is 13.3. The number of alkyl halides is 3. The Hall–Kier alpha value is -1.03. The molecule has 1 aromatic rings. The highest BCUT2D eigenvalue weighted by Crippen LogP contribution is 2.32. The predicted molar refractivity (Wildman–Crippen MR) is 94.2 cm³/mol. The summed E-state index contributed by atoms with van der Waals surface area (Å²) in [5.74, 6) is 0.792. The van der Waals surface area contributed by atoms with Gasteiger partial charge in [0.05, 0.1) is 18.7 Å². The van der Waals surface area contributed by atoms with Crippen LogP contribution in [-0.4, -0.2) is 56.6 Å². The number of hydrogen-bond acceptors (Lipinski definition) is 2. The summed E-state index contributed by atoms with van der Waals surface area (Å²) in [4.78, 5) is 8.13. The summed E-state index contributed by atoms with van der Waals surface area (Å²) >= 11 is 0. The van der Waals surface area contributed by atoms with Crippen LogP contribution in [0.1, 0.15) is 17.2 Å². The number of ether oxygens (including phenoxy) is 1. The smallest absolute Gasteiger partial charge is 0.370 e. The van der Waals surface area contributed by atoms with Gasteiger partial charge in [0.2, 0.25) is 0 Å². The number of aliphatic imine (C=N–C) groups is 1. The van der Waals surface area contributed by atoms with Crippen LogP contribution in [0.2, 0.25) is 0 Å². The van der Waals surface area contributed by atoms with Crippen LogP contribution in [0.3, 0.4) is 0 Å². The first kappa shape index (κ1) is 20.0. The molecule has 0 amide bonds. The molecule has 8 heteroatoms. The summed E-state index contributed by atoms with van der Waals surface area (Å²) in [5.41, 5.74) is -0.114. The molecule has 1 aliphatic rings. The van der Waals surface area contributed by atoms with Gasteiger partial charge in [0, 0.05) is 27.7 Å². The van der Waals surface area contributed by atoms with Crippen molar-refractivity contribution in [1.82, 2.24) is 9.80 Å². The first-order valence-corrected chi connectivity index (χ1v) is 7.00. The van der Waals surface area contributed by atoms with Gasteiger partial charge in [0.25, 0.3) is 0 Å². The van der Waals surface area contributed by atoms with Crippen LogP contribution < -0.4 is 0 Å². The third-order valence-electron chi connectivity index (χ3n) is 3.54. The van der Waals surface area contributed by atoms with E-state index in [1.807, 2.05) is 23.9 Å². The fraction of sp³-hybridized carbons (Fsp3) is 0.533. The van der Waals surface area contributed by atoms with Gasteiger partial charge in [0.15, 0.2) is 5.96 Å². The number of benzene rings is 1. The van der Waals surface area contributed by atoms with Crippen molar-refractivity contribution in [2.75, 3.05) is 40.8 Å². The van der Waals surface area contributed by atoms with E-state index < -0.39 is 17.8 Å². The lowest BCUT2D eigenvalue weighted by Crippen LogP contribution is -2.47. The molecule has 1 saturated heterocycles. The lowest BCUT2D eigenvalue weighted by Gasteiger charge is -2.37. The molecular formula is C15H21F3IN3O. The van der Waals surface area contributed by atoms with Crippen LogP contribution in [0.25, 0.3) is 0 Å². The Labute approximate surface area is 151 Å². The molecule has 0 bridgehead atoms. The Bertz CT molecular complexity index is 549. The second-order valence-corrected chi connectivity index (χ2v) is 5.35. The van der Waals surface area contributed by atoms with Gasteiger partial charge in [-0.2, -0.15) is 13.2 Å². The van der Waals surface area contributed by atoms with Crippen LogP contribution in [0, 0.1) is 0 Å². The summed E-state index contributed by atoms with van der Waals surface area (Å²) < 4.78 is 44.1. The highest BCUT2D eigenvalue weighted by Gasteiger charge is 2.32. The lowest BCUT2D eigenvalue weighted by molar-refractivity contribution is -0.137. The molecule has 0 N–H and O–H groups in total. The topological polar surface area (TPSA) is 28.1 Å². The summed E-state index contributed by atoms with van der Waals surface area (Å²) in [6.45, 7) is 1.60. The zero-order chi connectivity index (χ0) is 16.3. The van der Waals surface area contributed by atoms with Crippen LogP contribution in [0.5, 0.6) is 0 Å². The maximum absolute atomic E-state index is 12.8. The summed E-state index contributed by atoms with van der Waals surface area (Å²) in [5, 5.41) is 0. The Morgan fingerprint density at radius 1 is 1.35 bits per heavy atom. The molecule has 1 atom stereocenters. The minimum absolute atomic E-state index is 0. The molecule has 23 heavy (non-hydrogen) atoms. The fourth-order valence-corrected chi connectivity index (χ4v) is 2.57. The minimum atomic E-state index is -4.34. The molecule has 1 unspecified atom stereocenters. The summed E-state index contributed by atoms with van der Waals surface area (Å²) in [7, 11) is 5.47. The maximum Gasteiger partial charge on any atom is 0.416 e. The number of hydrogen-bond donors (Lipinski definition) is 0. The molecule has 0 spiro atoms. The monoisotopic (exact) mass is 443 g/mol. The fourth-order valence-electron chi connectivity index (χ4n) is 2.57. The van der Waals surface area contributed by atoms with E-state index in [-0.39, 0.29) is 24.0 Å². The number of nitrogens with zero attached hydrogens (tertiary/aromatic N) is 3. The van der Waals surface area contributed by atoms with Gasteiger partial charge in [-0.25, -0.2) is 0 Å². The number of guanidine groups is 1. The van der Waals surface area contributed by atoms with Crippen molar-refractivity contribution in [1.29, 1.82) is 0 Å².